The van der Waals surface area contributed by atoms with E-state index in [-0.39, 0.29) is 5.69 Å². The highest BCUT2D eigenvalue weighted by Crippen LogP contribution is 2.33. The van der Waals surface area contributed by atoms with E-state index in [1.54, 1.807) is 24.3 Å². The van der Waals surface area contributed by atoms with Crippen molar-refractivity contribution in [3.8, 4) is 22.7 Å². The van der Waals surface area contributed by atoms with Crippen molar-refractivity contribution >= 4 is 15.7 Å². The molecule has 0 aliphatic carbocycles. The molecule has 0 saturated heterocycles. The summed E-state index contributed by atoms with van der Waals surface area (Å²) in [6, 6.07) is 13.3. The minimum atomic E-state index is -4.61. The summed E-state index contributed by atoms with van der Waals surface area (Å²) in [5.41, 5.74) is 0.348. The fraction of sp³-hybridized carbons (Fsp3) is 0.167. The lowest BCUT2D eigenvalue weighted by Crippen LogP contribution is -2.09. The molecule has 1 aromatic heterocycles. The van der Waals surface area contributed by atoms with E-state index < -0.39 is 21.9 Å². The number of nitrogens with one attached hydrogen (secondary N) is 1. The second kappa shape index (κ2) is 7.19. The Morgan fingerprint density at radius 2 is 1.64 bits per heavy atom. The third kappa shape index (κ3) is 4.45. The highest BCUT2D eigenvalue weighted by Gasteiger charge is 2.35. The van der Waals surface area contributed by atoms with E-state index in [2.05, 4.69) is 9.82 Å². The number of nitrogens with zero attached hydrogens (tertiary/aromatic N) is 2. The number of alkyl halides is 3. The number of hydrogen-bond donors (Lipinski definition) is 1. The molecular formula is C18H16F3N3O3S. The molecule has 0 spiro atoms. The second-order valence-electron chi connectivity index (χ2n) is 5.97. The number of methoxy groups -OCH3 is 1. The van der Waals surface area contributed by atoms with E-state index >= 15 is 0 Å². The normalized spacial score (nSPS) is 12.0. The van der Waals surface area contributed by atoms with Crippen molar-refractivity contribution in [1.29, 1.82) is 0 Å². The van der Waals surface area contributed by atoms with Gasteiger partial charge in [0.05, 0.1) is 24.7 Å². The number of benzene rings is 2. The Labute approximate surface area is 159 Å². The van der Waals surface area contributed by atoms with Gasteiger partial charge in [0, 0.05) is 11.3 Å². The van der Waals surface area contributed by atoms with E-state index in [9.17, 15) is 21.6 Å². The lowest BCUT2D eigenvalue weighted by atomic mass is 10.1. The van der Waals surface area contributed by atoms with Gasteiger partial charge >= 0.3 is 6.18 Å². The summed E-state index contributed by atoms with van der Waals surface area (Å²) in [4.78, 5) is 0. The van der Waals surface area contributed by atoms with Gasteiger partial charge in [0.1, 0.15) is 5.75 Å². The molecule has 148 valence electrons. The Morgan fingerprint density at radius 1 is 1.04 bits per heavy atom. The van der Waals surface area contributed by atoms with E-state index in [4.69, 9.17) is 4.74 Å². The molecular weight excluding hydrogens is 395 g/mol. The van der Waals surface area contributed by atoms with Crippen LogP contribution in [0.3, 0.4) is 0 Å². The lowest BCUT2D eigenvalue weighted by molar-refractivity contribution is -0.141. The summed E-state index contributed by atoms with van der Waals surface area (Å²) in [6.45, 7) is 0. The number of aromatic nitrogens is 2. The van der Waals surface area contributed by atoms with Crippen LogP contribution >= 0.6 is 0 Å². The van der Waals surface area contributed by atoms with Gasteiger partial charge in [-0.2, -0.15) is 18.3 Å². The number of ether oxygens (including phenoxy) is 1. The van der Waals surface area contributed by atoms with Crippen molar-refractivity contribution in [2.45, 2.75) is 6.18 Å². The molecule has 28 heavy (non-hydrogen) atoms. The molecule has 10 heteroatoms. The van der Waals surface area contributed by atoms with Crippen LogP contribution < -0.4 is 9.46 Å². The van der Waals surface area contributed by atoms with Crippen molar-refractivity contribution in [3.63, 3.8) is 0 Å². The van der Waals surface area contributed by atoms with Crippen molar-refractivity contribution in [2.24, 2.45) is 0 Å². The molecule has 2 aromatic carbocycles. The van der Waals surface area contributed by atoms with Crippen LogP contribution in [-0.2, 0) is 16.2 Å². The first-order valence-corrected chi connectivity index (χ1v) is 9.86. The van der Waals surface area contributed by atoms with Gasteiger partial charge in [-0.05, 0) is 42.5 Å². The quantitative estimate of drug-likeness (QED) is 0.690. The van der Waals surface area contributed by atoms with Crippen LogP contribution in [0.25, 0.3) is 16.9 Å². The van der Waals surface area contributed by atoms with Gasteiger partial charge < -0.3 is 4.74 Å². The smallest absolute Gasteiger partial charge is 0.435 e. The molecule has 0 aliphatic rings. The van der Waals surface area contributed by atoms with E-state index in [1.165, 1.54) is 36.1 Å². The standard InChI is InChI=1S/C18H16F3N3O3S/c1-27-15-9-7-14(8-10-15)24-16(11-17(22-24)18(19,20)21)12-3-5-13(6-4-12)23-28(2,25)26/h3-11,23H,1-2H3. The predicted octanol–water partition coefficient (Wildman–Crippen LogP) is 3.94. The summed E-state index contributed by atoms with van der Waals surface area (Å²) in [6.07, 6.45) is -3.60. The Bertz CT molecular complexity index is 1070. The highest BCUT2D eigenvalue weighted by molar-refractivity contribution is 7.92. The Kier molecular flexibility index (Phi) is 5.07. The van der Waals surface area contributed by atoms with Crippen LogP contribution in [-0.4, -0.2) is 31.6 Å². The third-order valence-electron chi connectivity index (χ3n) is 3.80. The minimum Gasteiger partial charge on any atom is -0.497 e. The monoisotopic (exact) mass is 411 g/mol. The molecule has 0 aliphatic heterocycles. The molecule has 3 rings (SSSR count). The summed E-state index contributed by atoms with van der Waals surface area (Å²) >= 11 is 0. The van der Waals surface area contributed by atoms with Crippen LogP contribution in [0.1, 0.15) is 5.69 Å². The van der Waals surface area contributed by atoms with E-state index in [0.29, 0.717) is 22.7 Å². The average molecular weight is 411 g/mol. The van der Waals surface area contributed by atoms with E-state index in [1.807, 2.05) is 0 Å². The van der Waals surface area contributed by atoms with Gasteiger partial charge in [-0.1, -0.05) is 12.1 Å². The molecule has 0 unspecified atom stereocenters. The molecule has 0 fully saturated rings. The average Bonchev–Trinajstić information content (AvgIpc) is 3.07. The first-order valence-electron chi connectivity index (χ1n) is 7.97. The first kappa shape index (κ1) is 19.7. The van der Waals surface area contributed by atoms with Crippen LogP contribution in [0.5, 0.6) is 5.75 Å². The van der Waals surface area contributed by atoms with Crippen molar-refractivity contribution < 1.29 is 26.3 Å². The number of sulfonamides is 1. The fourth-order valence-electron chi connectivity index (χ4n) is 2.57. The van der Waals surface area contributed by atoms with E-state index in [0.717, 1.165) is 12.3 Å². The summed E-state index contributed by atoms with van der Waals surface area (Å²) in [5, 5.41) is 3.70. The molecule has 0 radical (unpaired) electrons. The fourth-order valence-corrected chi connectivity index (χ4v) is 3.13. The maximum atomic E-state index is 13.2. The van der Waals surface area contributed by atoms with Crippen LogP contribution in [0.4, 0.5) is 18.9 Å². The largest absolute Gasteiger partial charge is 0.497 e. The highest BCUT2D eigenvalue weighted by atomic mass is 32.2. The van der Waals surface area contributed by atoms with Gasteiger partial charge in [-0.25, -0.2) is 13.1 Å². The van der Waals surface area contributed by atoms with Crippen molar-refractivity contribution in [1.82, 2.24) is 9.78 Å². The molecule has 0 atom stereocenters. The lowest BCUT2D eigenvalue weighted by Gasteiger charge is -2.10. The molecule has 0 saturated carbocycles. The van der Waals surface area contributed by atoms with Gasteiger partial charge in [-0.3, -0.25) is 4.72 Å². The zero-order valence-corrected chi connectivity index (χ0v) is 15.7. The molecule has 6 nitrogen and oxygen atoms in total. The van der Waals surface area contributed by atoms with Crippen LogP contribution in [0, 0.1) is 0 Å². The zero-order valence-electron chi connectivity index (χ0n) is 14.9. The molecule has 1 N–H and O–H groups in total. The Morgan fingerprint density at radius 3 is 2.14 bits per heavy atom. The molecule has 0 amide bonds. The number of hydrogen-bond acceptors (Lipinski definition) is 4. The topological polar surface area (TPSA) is 73.2 Å². The Balaban J connectivity index is 2.07. The van der Waals surface area contributed by atoms with Crippen LogP contribution in [0.15, 0.2) is 54.6 Å². The third-order valence-corrected chi connectivity index (χ3v) is 4.41. The number of rotatable bonds is 5. The van der Waals surface area contributed by atoms with Crippen molar-refractivity contribution in [3.05, 3.63) is 60.3 Å². The summed E-state index contributed by atoms with van der Waals surface area (Å²) in [5.74, 6) is 0.560. The second-order valence-corrected chi connectivity index (χ2v) is 7.72. The van der Waals surface area contributed by atoms with Gasteiger partial charge in [0.25, 0.3) is 0 Å². The summed E-state index contributed by atoms with van der Waals surface area (Å²) < 4.78 is 70.8. The maximum Gasteiger partial charge on any atom is 0.435 e. The molecule has 0 bridgehead atoms. The summed E-state index contributed by atoms with van der Waals surface area (Å²) in [7, 11) is -1.97. The zero-order chi connectivity index (χ0) is 20.5. The van der Waals surface area contributed by atoms with Gasteiger partial charge in [0.15, 0.2) is 5.69 Å². The molecule has 3 aromatic rings. The molecule has 1 heterocycles. The maximum absolute atomic E-state index is 13.2. The number of halogens is 3. The number of anilines is 1. The van der Waals surface area contributed by atoms with Gasteiger partial charge in [-0.15, -0.1) is 0 Å². The predicted molar refractivity (Wildman–Crippen MR) is 99.0 cm³/mol. The first-order chi connectivity index (χ1) is 13.1. The minimum absolute atomic E-state index is 0.211. The van der Waals surface area contributed by atoms with Crippen LogP contribution in [0.2, 0.25) is 0 Å². The van der Waals surface area contributed by atoms with Crippen molar-refractivity contribution in [2.75, 3.05) is 18.1 Å². The SMILES string of the molecule is COc1ccc(-n2nc(C(F)(F)F)cc2-c2ccc(NS(C)(=O)=O)cc2)cc1. The Hall–Kier alpha value is -3.01. The van der Waals surface area contributed by atoms with Gasteiger partial charge in [0.2, 0.25) is 10.0 Å².